The molecule has 0 aliphatic rings. The molecule has 0 heterocycles. The Bertz CT molecular complexity index is 357. The third kappa shape index (κ3) is 5.36. The fourth-order valence-corrected chi connectivity index (χ4v) is 1.49. The highest BCUT2D eigenvalue weighted by molar-refractivity contribution is 5.64. The van der Waals surface area contributed by atoms with Gasteiger partial charge in [-0.05, 0) is 32.8 Å². The Morgan fingerprint density at radius 3 is 2.35 bits per heavy atom. The van der Waals surface area contributed by atoms with Gasteiger partial charge in [0, 0.05) is 12.1 Å². The summed E-state index contributed by atoms with van der Waals surface area (Å²) in [6.45, 7) is 6.25. The predicted molar refractivity (Wildman–Crippen MR) is 67.8 cm³/mol. The number of hydrogen-bond acceptors (Lipinski definition) is 2. The molecule has 1 aromatic carbocycles. The van der Waals surface area contributed by atoms with Crippen molar-refractivity contribution in [2.75, 3.05) is 6.54 Å². The van der Waals surface area contributed by atoms with Gasteiger partial charge in [0.1, 0.15) is 0 Å². The molecule has 1 amide bonds. The van der Waals surface area contributed by atoms with Crippen molar-refractivity contribution in [2.45, 2.75) is 32.7 Å². The van der Waals surface area contributed by atoms with Crippen molar-refractivity contribution >= 4 is 6.09 Å². The second-order valence-electron chi connectivity index (χ2n) is 5.03. The van der Waals surface area contributed by atoms with E-state index < -0.39 is 6.09 Å². The van der Waals surface area contributed by atoms with Crippen LogP contribution in [0.3, 0.4) is 0 Å². The van der Waals surface area contributed by atoms with Crippen LogP contribution in [-0.4, -0.2) is 28.3 Å². The van der Waals surface area contributed by atoms with E-state index in [2.05, 4.69) is 5.43 Å². The minimum absolute atomic E-state index is 0.255. The highest BCUT2D eigenvalue weighted by Crippen LogP contribution is 2.04. The van der Waals surface area contributed by atoms with Crippen LogP contribution < -0.4 is 5.43 Å². The molecule has 0 aliphatic heterocycles. The molecule has 94 valence electrons. The molecule has 4 heteroatoms. The number of nitrogens with one attached hydrogen (secondary N) is 1. The number of carbonyl (C=O) groups is 1. The first-order valence-corrected chi connectivity index (χ1v) is 5.71. The summed E-state index contributed by atoms with van der Waals surface area (Å²) in [6.07, 6.45) is -0.244. The maximum atomic E-state index is 11.1. The summed E-state index contributed by atoms with van der Waals surface area (Å²) in [5.41, 5.74) is 3.84. The van der Waals surface area contributed by atoms with Crippen LogP contribution in [0.25, 0.3) is 0 Å². The quantitative estimate of drug-likeness (QED) is 0.790. The zero-order valence-corrected chi connectivity index (χ0v) is 10.6. The Kier molecular flexibility index (Phi) is 4.52. The lowest BCUT2D eigenvalue weighted by Gasteiger charge is -2.29. The zero-order chi connectivity index (χ0) is 12.9. The zero-order valence-electron chi connectivity index (χ0n) is 10.6. The molecular weight excluding hydrogens is 216 g/mol. The van der Waals surface area contributed by atoms with E-state index in [4.69, 9.17) is 5.11 Å². The van der Waals surface area contributed by atoms with E-state index >= 15 is 0 Å². The van der Waals surface area contributed by atoms with Gasteiger partial charge in [-0.2, -0.15) is 0 Å². The van der Waals surface area contributed by atoms with Crippen LogP contribution in [0.1, 0.15) is 26.3 Å². The van der Waals surface area contributed by atoms with Gasteiger partial charge in [0.05, 0.1) is 0 Å². The van der Waals surface area contributed by atoms with Crippen molar-refractivity contribution in [1.29, 1.82) is 0 Å². The number of carboxylic acid groups (broad SMARTS) is 1. The van der Waals surface area contributed by atoms with Crippen LogP contribution in [-0.2, 0) is 6.42 Å². The third-order valence-electron chi connectivity index (χ3n) is 2.17. The molecular formula is C13H20N2O2. The molecule has 0 fully saturated rings. The molecule has 2 N–H and O–H groups in total. The molecule has 1 aromatic rings. The third-order valence-corrected chi connectivity index (χ3v) is 2.17. The molecule has 4 nitrogen and oxygen atoms in total. The van der Waals surface area contributed by atoms with E-state index in [1.807, 2.05) is 51.1 Å². The fourth-order valence-electron chi connectivity index (χ4n) is 1.49. The van der Waals surface area contributed by atoms with Crippen molar-refractivity contribution < 1.29 is 9.90 Å². The van der Waals surface area contributed by atoms with Crippen LogP contribution in [0.15, 0.2) is 30.3 Å². The molecule has 0 atom stereocenters. The number of hydrogen-bond donors (Lipinski definition) is 2. The first-order chi connectivity index (χ1) is 7.88. The van der Waals surface area contributed by atoms with Gasteiger partial charge in [-0.25, -0.2) is 15.2 Å². The first kappa shape index (κ1) is 13.5. The van der Waals surface area contributed by atoms with Gasteiger partial charge >= 0.3 is 6.09 Å². The van der Waals surface area contributed by atoms with Crippen LogP contribution in [0.5, 0.6) is 0 Å². The van der Waals surface area contributed by atoms with Crippen molar-refractivity contribution in [3.05, 3.63) is 35.9 Å². The van der Waals surface area contributed by atoms with Gasteiger partial charge in [-0.3, -0.25) is 0 Å². The molecule has 0 saturated heterocycles. The molecule has 0 aliphatic carbocycles. The van der Waals surface area contributed by atoms with E-state index in [1.54, 1.807) is 0 Å². The van der Waals surface area contributed by atoms with Crippen molar-refractivity contribution in [2.24, 2.45) is 0 Å². The van der Waals surface area contributed by atoms with Gasteiger partial charge < -0.3 is 5.11 Å². The highest BCUT2D eigenvalue weighted by Gasteiger charge is 2.18. The lowest BCUT2D eigenvalue weighted by Crippen LogP contribution is -2.52. The molecule has 0 unspecified atom stereocenters. The minimum Gasteiger partial charge on any atom is -0.464 e. The van der Waals surface area contributed by atoms with E-state index in [0.29, 0.717) is 13.0 Å². The van der Waals surface area contributed by atoms with E-state index in [0.717, 1.165) is 5.56 Å². The first-order valence-electron chi connectivity index (χ1n) is 5.71. The highest BCUT2D eigenvalue weighted by atomic mass is 16.4. The summed E-state index contributed by atoms with van der Waals surface area (Å²) in [6, 6.07) is 9.86. The Balaban J connectivity index is 2.54. The average molecular weight is 236 g/mol. The summed E-state index contributed by atoms with van der Waals surface area (Å²) in [7, 11) is 0. The minimum atomic E-state index is -0.948. The number of rotatable bonds is 4. The topological polar surface area (TPSA) is 52.6 Å². The fraction of sp³-hybridized carbons (Fsp3) is 0.462. The Labute approximate surface area is 102 Å². The SMILES string of the molecule is CC(C)(C)NN(CCc1ccccc1)C(=O)O. The summed E-state index contributed by atoms with van der Waals surface area (Å²) < 4.78 is 0. The lowest BCUT2D eigenvalue weighted by molar-refractivity contribution is 0.0967. The number of nitrogens with zero attached hydrogens (tertiary/aromatic N) is 1. The Morgan fingerprint density at radius 1 is 1.29 bits per heavy atom. The Hall–Kier alpha value is -1.55. The number of benzene rings is 1. The van der Waals surface area contributed by atoms with E-state index in [-0.39, 0.29) is 5.54 Å². The summed E-state index contributed by atoms with van der Waals surface area (Å²) in [4.78, 5) is 11.1. The molecule has 1 rings (SSSR count). The standard InChI is InChI=1S/C13H20N2O2/c1-13(2,3)14-15(12(16)17)10-9-11-7-5-4-6-8-11/h4-8,14H,9-10H2,1-3H3,(H,16,17). The van der Waals surface area contributed by atoms with Crippen LogP contribution >= 0.6 is 0 Å². The number of amides is 1. The lowest BCUT2D eigenvalue weighted by atomic mass is 10.1. The molecule has 17 heavy (non-hydrogen) atoms. The van der Waals surface area contributed by atoms with Gasteiger partial charge in [-0.1, -0.05) is 30.3 Å². The largest absolute Gasteiger partial charge is 0.464 e. The smallest absolute Gasteiger partial charge is 0.421 e. The Morgan fingerprint density at radius 2 is 1.88 bits per heavy atom. The molecule has 0 aromatic heterocycles. The van der Waals surface area contributed by atoms with Crippen LogP contribution in [0.4, 0.5) is 4.79 Å². The van der Waals surface area contributed by atoms with Crippen molar-refractivity contribution in [3.63, 3.8) is 0 Å². The monoisotopic (exact) mass is 236 g/mol. The normalized spacial score (nSPS) is 11.2. The summed E-state index contributed by atoms with van der Waals surface area (Å²) in [5.74, 6) is 0. The van der Waals surface area contributed by atoms with Gasteiger partial charge in [-0.15, -0.1) is 0 Å². The summed E-state index contributed by atoms with van der Waals surface area (Å²) in [5, 5.41) is 10.3. The molecule has 0 spiro atoms. The van der Waals surface area contributed by atoms with Gasteiger partial charge in [0.15, 0.2) is 0 Å². The van der Waals surface area contributed by atoms with Crippen LogP contribution in [0, 0.1) is 0 Å². The van der Waals surface area contributed by atoms with Gasteiger partial charge in [0.2, 0.25) is 0 Å². The van der Waals surface area contributed by atoms with Gasteiger partial charge in [0.25, 0.3) is 0 Å². The maximum absolute atomic E-state index is 11.1. The second kappa shape index (κ2) is 5.68. The number of hydrazine groups is 1. The predicted octanol–water partition coefficient (Wildman–Crippen LogP) is 2.51. The molecule has 0 radical (unpaired) electrons. The average Bonchev–Trinajstić information content (AvgIpc) is 2.24. The van der Waals surface area contributed by atoms with E-state index in [1.165, 1.54) is 5.01 Å². The molecule has 0 saturated carbocycles. The maximum Gasteiger partial charge on any atom is 0.421 e. The summed E-state index contributed by atoms with van der Waals surface area (Å²) >= 11 is 0. The van der Waals surface area contributed by atoms with E-state index in [9.17, 15) is 4.79 Å². The van der Waals surface area contributed by atoms with Crippen molar-refractivity contribution in [3.8, 4) is 0 Å². The van der Waals surface area contributed by atoms with Crippen LogP contribution in [0.2, 0.25) is 0 Å². The molecule has 0 bridgehead atoms. The van der Waals surface area contributed by atoms with Crippen molar-refractivity contribution in [1.82, 2.24) is 10.4 Å². The second-order valence-corrected chi connectivity index (χ2v) is 5.03.